The average molecular weight is 366 g/mol. The van der Waals surface area contributed by atoms with Gasteiger partial charge in [-0.2, -0.15) is 0 Å². The summed E-state index contributed by atoms with van der Waals surface area (Å²) in [5.74, 6) is 1.41. The molecule has 0 saturated carbocycles. The molecule has 2 heterocycles. The zero-order chi connectivity index (χ0) is 16.9. The van der Waals surface area contributed by atoms with Gasteiger partial charge in [0.05, 0.1) is 5.69 Å². The summed E-state index contributed by atoms with van der Waals surface area (Å²) in [5.41, 5.74) is 7.31. The first-order valence-corrected chi connectivity index (χ1v) is 9.69. The van der Waals surface area contributed by atoms with E-state index in [1.165, 1.54) is 0 Å². The molecule has 0 bridgehead atoms. The smallest absolute Gasteiger partial charge is 0.140 e. The van der Waals surface area contributed by atoms with Crippen LogP contribution in [0.25, 0.3) is 0 Å². The predicted molar refractivity (Wildman–Crippen MR) is 99.5 cm³/mol. The highest BCUT2D eigenvalue weighted by Gasteiger charge is 2.25. The molecule has 0 amide bonds. The highest BCUT2D eigenvalue weighted by atomic mass is 35.5. The Morgan fingerprint density at radius 2 is 2.17 bits per heavy atom. The zero-order valence-electron chi connectivity index (χ0n) is 14.0. The summed E-state index contributed by atoms with van der Waals surface area (Å²) in [4.78, 5) is 7.17. The summed E-state index contributed by atoms with van der Waals surface area (Å²) in [6, 6.07) is 7.76. The number of thiazole rings is 1. The Kier molecular flexibility index (Phi) is 6.11. The molecule has 2 aromatic rings. The lowest BCUT2D eigenvalue weighted by molar-refractivity contribution is 0.144. The molecule has 0 spiro atoms. The molecule has 4 nitrogen and oxygen atoms in total. The third-order valence-electron chi connectivity index (χ3n) is 4.56. The molecule has 6 heteroatoms. The van der Waals surface area contributed by atoms with Crippen molar-refractivity contribution < 1.29 is 4.74 Å². The standard InChI is InChI=1S/C18H24ClN3OS/c1-2-13-9-22(8-7-17(13)20)10-15-12-24-18(21-15)11-23-16-5-3-14(19)4-6-16/h3-6,12-13,17H,2,7-11,20H2,1H3/t13-,17+/m0/s1. The number of benzene rings is 1. The van der Waals surface area contributed by atoms with Crippen LogP contribution in [-0.4, -0.2) is 29.0 Å². The van der Waals surface area contributed by atoms with E-state index in [9.17, 15) is 0 Å². The second-order valence-electron chi connectivity index (χ2n) is 6.33. The van der Waals surface area contributed by atoms with Crippen LogP contribution < -0.4 is 10.5 Å². The molecule has 1 aliphatic rings. The Balaban J connectivity index is 1.51. The van der Waals surface area contributed by atoms with Crippen LogP contribution in [0.1, 0.15) is 30.5 Å². The van der Waals surface area contributed by atoms with Gasteiger partial charge in [0.25, 0.3) is 0 Å². The Morgan fingerprint density at radius 3 is 2.92 bits per heavy atom. The molecule has 2 N–H and O–H groups in total. The van der Waals surface area contributed by atoms with Crippen molar-refractivity contribution in [3.63, 3.8) is 0 Å². The van der Waals surface area contributed by atoms with Crippen LogP contribution in [0, 0.1) is 5.92 Å². The molecular formula is C18H24ClN3OS. The van der Waals surface area contributed by atoms with Gasteiger partial charge in [-0.3, -0.25) is 4.90 Å². The van der Waals surface area contributed by atoms with Crippen LogP contribution in [0.15, 0.2) is 29.6 Å². The number of halogens is 1. The first kappa shape index (κ1) is 17.7. The van der Waals surface area contributed by atoms with Gasteiger partial charge < -0.3 is 10.5 Å². The minimum absolute atomic E-state index is 0.352. The number of hydrogen-bond donors (Lipinski definition) is 1. The van der Waals surface area contributed by atoms with Crippen LogP contribution in [0.2, 0.25) is 5.02 Å². The van der Waals surface area contributed by atoms with Gasteiger partial charge in [-0.15, -0.1) is 11.3 Å². The van der Waals surface area contributed by atoms with Crippen molar-refractivity contribution in [3.8, 4) is 5.75 Å². The first-order chi connectivity index (χ1) is 11.6. The molecule has 130 valence electrons. The Labute approximate surface area is 152 Å². The van der Waals surface area contributed by atoms with Crippen molar-refractivity contribution in [2.24, 2.45) is 11.7 Å². The summed E-state index contributed by atoms with van der Waals surface area (Å²) in [6.07, 6.45) is 2.23. The summed E-state index contributed by atoms with van der Waals surface area (Å²) in [6.45, 7) is 5.76. The highest BCUT2D eigenvalue weighted by Crippen LogP contribution is 2.22. The van der Waals surface area contributed by atoms with Crippen molar-refractivity contribution in [1.82, 2.24) is 9.88 Å². The first-order valence-electron chi connectivity index (χ1n) is 8.43. The largest absolute Gasteiger partial charge is 0.486 e. The second-order valence-corrected chi connectivity index (χ2v) is 7.71. The van der Waals surface area contributed by atoms with Crippen molar-refractivity contribution >= 4 is 22.9 Å². The number of hydrogen-bond acceptors (Lipinski definition) is 5. The summed E-state index contributed by atoms with van der Waals surface area (Å²) in [5, 5.41) is 3.85. The maximum Gasteiger partial charge on any atom is 0.140 e. The van der Waals surface area contributed by atoms with Gasteiger partial charge in [0.15, 0.2) is 0 Å². The molecule has 2 atom stereocenters. The van der Waals surface area contributed by atoms with E-state index in [0.717, 1.165) is 48.9 Å². The quantitative estimate of drug-likeness (QED) is 0.842. The molecule has 1 saturated heterocycles. The Morgan fingerprint density at radius 1 is 1.38 bits per heavy atom. The Bertz CT molecular complexity index is 646. The topological polar surface area (TPSA) is 51.4 Å². The normalized spacial score (nSPS) is 21.8. The van der Waals surface area contributed by atoms with E-state index < -0.39 is 0 Å². The van der Waals surface area contributed by atoms with Crippen molar-refractivity contribution in [2.45, 2.75) is 39.0 Å². The van der Waals surface area contributed by atoms with Crippen LogP contribution in [0.3, 0.4) is 0 Å². The highest BCUT2D eigenvalue weighted by molar-refractivity contribution is 7.09. The molecule has 0 unspecified atom stereocenters. The van der Waals surface area contributed by atoms with E-state index in [4.69, 9.17) is 27.1 Å². The van der Waals surface area contributed by atoms with Crippen molar-refractivity contribution in [2.75, 3.05) is 13.1 Å². The van der Waals surface area contributed by atoms with Crippen molar-refractivity contribution in [3.05, 3.63) is 45.4 Å². The molecular weight excluding hydrogens is 342 g/mol. The summed E-state index contributed by atoms with van der Waals surface area (Å²) >= 11 is 7.53. The van der Waals surface area contributed by atoms with Crippen LogP contribution in [0.5, 0.6) is 5.75 Å². The maximum absolute atomic E-state index is 6.19. The van der Waals surface area contributed by atoms with Gasteiger partial charge in [-0.05, 0) is 36.6 Å². The molecule has 3 rings (SSSR count). The van der Waals surface area contributed by atoms with E-state index in [2.05, 4.69) is 17.2 Å². The Hall–Kier alpha value is -1.14. The van der Waals surface area contributed by atoms with Gasteiger partial charge in [0.1, 0.15) is 17.4 Å². The fraction of sp³-hybridized carbons (Fsp3) is 0.500. The van der Waals surface area contributed by atoms with E-state index >= 15 is 0 Å². The number of ether oxygens (including phenoxy) is 1. The van der Waals surface area contributed by atoms with Gasteiger partial charge in [0, 0.05) is 36.1 Å². The third kappa shape index (κ3) is 4.70. The van der Waals surface area contributed by atoms with E-state index in [-0.39, 0.29) is 0 Å². The van der Waals surface area contributed by atoms with Gasteiger partial charge in [-0.1, -0.05) is 24.9 Å². The van der Waals surface area contributed by atoms with Crippen LogP contribution in [-0.2, 0) is 13.2 Å². The number of likely N-dealkylation sites (tertiary alicyclic amines) is 1. The molecule has 24 heavy (non-hydrogen) atoms. The number of aromatic nitrogens is 1. The number of piperidine rings is 1. The van der Waals surface area contributed by atoms with Crippen molar-refractivity contribution in [1.29, 1.82) is 0 Å². The molecule has 1 aromatic carbocycles. The van der Waals surface area contributed by atoms with Crippen LogP contribution in [0.4, 0.5) is 0 Å². The lowest BCUT2D eigenvalue weighted by Crippen LogP contribution is -2.46. The molecule has 1 fully saturated rings. The maximum atomic E-state index is 6.19. The molecule has 1 aliphatic heterocycles. The summed E-state index contributed by atoms with van der Waals surface area (Å²) < 4.78 is 5.76. The predicted octanol–water partition coefficient (Wildman–Crippen LogP) is 3.93. The third-order valence-corrected chi connectivity index (χ3v) is 5.69. The van der Waals surface area contributed by atoms with Gasteiger partial charge in [-0.25, -0.2) is 4.98 Å². The van der Waals surface area contributed by atoms with Crippen LogP contribution >= 0.6 is 22.9 Å². The lowest BCUT2D eigenvalue weighted by Gasteiger charge is -2.36. The number of rotatable bonds is 6. The second kappa shape index (κ2) is 8.30. The SMILES string of the molecule is CC[C@H]1CN(Cc2csc(COc3ccc(Cl)cc3)n2)CC[C@H]1N. The minimum atomic E-state index is 0.352. The zero-order valence-corrected chi connectivity index (χ0v) is 15.5. The molecule has 1 aromatic heterocycles. The fourth-order valence-corrected chi connectivity index (χ4v) is 3.92. The van der Waals surface area contributed by atoms with E-state index in [0.29, 0.717) is 23.6 Å². The van der Waals surface area contributed by atoms with Gasteiger partial charge in [0.2, 0.25) is 0 Å². The molecule has 0 aliphatic carbocycles. The number of nitrogens with zero attached hydrogens (tertiary/aromatic N) is 2. The van der Waals surface area contributed by atoms with E-state index in [1.807, 2.05) is 24.3 Å². The minimum Gasteiger partial charge on any atom is -0.486 e. The van der Waals surface area contributed by atoms with E-state index in [1.54, 1.807) is 11.3 Å². The van der Waals surface area contributed by atoms with Gasteiger partial charge >= 0.3 is 0 Å². The number of nitrogens with two attached hydrogens (primary N) is 1. The fourth-order valence-electron chi connectivity index (χ4n) is 3.09. The lowest BCUT2D eigenvalue weighted by atomic mass is 9.91. The monoisotopic (exact) mass is 365 g/mol. The molecule has 0 radical (unpaired) electrons. The summed E-state index contributed by atoms with van der Waals surface area (Å²) in [7, 11) is 0. The average Bonchev–Trinajstić information content (AvgIpc) is 3.03.